The predicted octanol–water partition coefficient (Wildman–Crippen LogP) is 2.52. The third kappa shape index (κ3) is 5.75. The lowest BCUT2D eigenvalue weighted by Gasteiger charge is -2.39. The summed E-state index contributed by atoms with van der Waals surface area (Å²) in [6.45, 7) is 5.99. The molecule has 2 fully saturated rings. The van der Waals surface area contributed by atoms with Crippen LogP contribution < -0.4 is 15.5 Å². The van der Waals surface area contributed by atoms with Crippen molar-refractivity contribution in [1.82, 2.24) is 5.32 Å². The largest absolute Gasteiger partial charge is 0.389 e. The number of Topliss-reactive ketones (excluding diaryl/α,β-unsaturated/α-hetero) is 1. The second-order valence-electron chi connectivity index (χ2n) is 7.52. The number of halogens is 2. The van der Waals surface area contributed by atoms with Gasteiger partial charge in [-0.3, -0.25) is 19.7 Å². The molecule has 0 saturated carbocycles. The summed E-state index contributed by atoms with van der Waals surface area (Å²) >= 11 is 0. The van der Waals surface area contributed by atoms with E-state index in [-0.39, 0.29) is 55.2 Å². The van der Waals surface area contributed by atoms with Crippen molar-refractivity contribution < 1.29 is 28.3 Å². The van der Waals surface area contributed by atoms with Crippen molar-refractivity contribution in [2.45, 2.75) is 64.5 Å². The topological polar surface area (TPSA) is 98.7 Å². The summed E-state index contributed by atoms with van der Waals surface area (Å²) in [6, 6.07) is 1.23. The minimum atomic E-state index is -1.11. The Bertz CT molecular complexity index is 808. The first-order chi connectivity index (χ1) is 14.2. The first-order valence-corrected chi connectivity index (χ1v) is 10.2. The van der Waals surface area contributed by atoms with Gasteiger partial charge in [0.2, 0.25) is 11.8 Å². The number of benzene rings is 1. The van der Waals surface area contributed by atoms with Crippen LogP contribution in [0.15, 0.2) is 12.1 Å². The molecule has 3 N–H and O–H groups in total. The van der Waals surface area contributed by atoms with E-state index in [0.29, 0.717) is 13.1 Å². The van der Waals surface area contributed by atoms with Gasteiger partial charge < -0.3 is 15.3 Å². The molecule has 1 unspecified atom stereocenters. The van der Waals surface area contributed by atoms with E-state index in [1.165, 1.54) is 6.92 Å². The summed E-state index contributed by atoms with van der Waals surface area (Å²) < 4.78 is 29.1. The molecule has 1 aromatic rings. The fourth-order valence-electron chi connectivity index (χ4n) is 3.71. The third-order valence-corrected chi connectivity index (χ3v) is 5.22. The first-order valence-electron chi connectivity index (χ1n) is 10.2. The van der Waals surface area contributed by atoms with Gasteiger partial charge in [0.25, 0.3) is 0 Å². The van der Waals surface area contributed by atoms with Gasteiger partial charge in [0.15, 0.2) is 0 Å². The Morgan fingerprint density at radius 1 is 1.23 bits per heavy atom. The second kappa shape index (κ2) is 9.97. The number of rotatable bonds is 5. The van der Waals surface area contributed by atoms with Crippen molar-refractivity contribution in [3.8, 4) is 0 Å². The Balaban J connectivity index is 0.00000155. The van der Waals surface area contributed by atoms with Crippen LogP contribution in [0, 0.1) is 11.6 Å². The Kier molecular flexibility index (Phi) is 7.89. The van der Waals surface area contributed by atoms with E-state index in [2.05, 4.69) is 10.6 Å². The summed E-state index contributed by atoms with van der Waals surface area (Å²) in [5.41, 5.74) is -1.19. The highest BCUT2D eigenvalue weighted by atomic mass is 19.1. The molecule has 7 nitrogen and oxygen atoms in total. The van der Waals surface area contributed by atoms with Crippen LogP contribution in [0.2, 0.25) is 0 Å². The van der Waals surface area contributed by atoms with Gasteiger partial charge in [-0.25, -0.2) is 8.78 Å². The normalized spacial score (nSPS) is 20.7. The van der Waals surface area contributed by atoms with Gasteiger partial charge in [0.1, 0.15) is 23.5 Å². The number of anilines is 2. The Hall–Kier alpha value is -2.55. The maximum Gasteiger partial charge on any atom is 0.249 e. The van der Waals surface area contributed by atoms with Crippen LogP contribution in [-0.4, -0.2) is 47.4 Å². The highest BCUT2D eigenvalue weighted by molar-refractivity contribution is 6.01. The molecule has 2 amide bonds. The standard InChI is InChI=1S/C19H23F2N3O4.C2H6/c1-11(25)10-19(28)4-6-24(7-5-19)16-9-12(20)15(8-13(16)21)22-14-2-3-17(26)23-18(14)27;1-2/h8-9,14,22,28H,2-7,10H2,1H3,(H,23,26,27);1-2H3. The van der Waals surface area contributed by atoms with Gasteiger partial charge in [-0.2, -0.15) is 0 Å². The van der Waals surface area contributed by atoms with Crippen LogP contribution >= 0.6 is 0 Å². The fourth-order valence-corrected chi connectivity index (χ4v) is 3.71. The summed E-state index contributed by atoms with van der Waals surface area (Å²) in [5, 5.41) is 15.2. The molecule has 166 valence electrons. The minimum absolute atomic E-state index is 0.0481. The van der Waals surface area contributed by atoms with E-state index in [9.17, 15) is 28.3 Å². The zero-order valence-corrected chi connectivity index (χ0v) is 17.6. The highest BCUT2D eigenvalue weighted by Gasteiger charge is 2.34. The number of piperidine rings is 2. The highest BCUT2D eigenvalue weighted by Crippen LogP contribution is 2.32. The zero-order valence-electron chi connectivity index (χ0n) is 17.6. The number of nitrogens with one attached hydrogen (secondary N) is 2. The van der Waals surface area contributed by atoms with Gasteiger partial charge in [0, 0.05) is 38.1 Å². The lowest BCUT2D eigenvalue weighted by atomic mass is 9.86. The van der Waals surface area contributed by atoms with Crippen LogP contribution in [0.3, 0.4) is 0 Å². The summed E-state index contributed by atoms with van der Waals surface area (Å²) in [6.07, 6.45) is 0.942. The Morgan fingerprint density at radius 2 is 1.87 bits per heavy atom. The monoisotopic (exact) mass is 425 g/mol. The van der Waals surface area contributed by atoms with Crippen molar-refractivity contribution in [3.63, 3.8) is 0 Å². The van der Waals surface area contributed by atoms with E-state index in [1.54, 1.807) is 4.90 Å². The van der Waals surface area contributed by atoms with Crippen molar-refractivity contribution in [2.75, 3.05) is 23.3 Å². The van der Waals surface area contributed by atoms with E-state index >= 15 is 0 Å². The molecular weight excluding hydrogens is 396 g/mol. The van der Waals surface area contributed by atoms with Crippen LogP contribution in [0.4, 0.5) is 20.2 Å². The molecule has 2 saturated heterocycles. The number of amides is 2. The number of aliphatic hydroxyl groups is 1. The molecule has 30 heavy (non-hydrogen) atoms. The third-order valence-electron chi connectivity index (χ3n) is 5.22. The molecule has 0 aliphatic carbocycles. The summed E-state index contributed by atoms with van der Waals surface area (Å²) in [7, 11) is 0. The zero-order chi connectivity index (χ0) is 22.5. The lowest BCUT2D eigenvalue weighted by Crippen LogP contribution is -2.47. The number of carbonyl (C=O) groups is 3. The molecule has 9 heteroatoms. The molecule has 0 aromatic heterocycles. The molecule has 0 spiro atoms. The van der Waals surface area contributed by atoms with Crippen LogP contribution in [0.25, 0.3) is 0 Å². The van der Waals surface area contributed by atoms with Gasteiger partial charge in [-0.05, 0) is 26.2 Å². The number of carbonyl (C=O) groups excluding carboxylic acids is 3. The average molecular weight is 425 g/mol. The van der Waals surface area contributed by atoms with Crippen LogP contribution in [0.1, 0.15) is 52.9 Å². The second-order valence-corrected chi connectivity index (χ2v) is 7.52. The maximum atomic E-state index is 14.6. The van der Waals surface area contributed by atoms with Crippen molar-refractivity contribution in [2.24, 2.45) is 0 Å². The molecule has 1 atom stereocenters. The molecule has 0 radical (unpaired) electrons. The quantitative estimate of drug-likeness (QED) is 0.627. The van der Waals surface area contributed by atoms with Gasteiger partial charge >= 0.3 is 0 Å². The smallest absolute Gasteiger partial charge is 0.249 e. The predicted molar refractivity (Wildman–Crippen MR) is 109 cm³/mol. The van der Waals surface area contributed by atoms with Gasteiger partial charge in [0.05, 0.1) is 17.0 Å². The fraction of sp³-hybridized carbons (Fsp3) is 0.571. The van der Waals surface area contributed by atoms with E-state index in [0.717, 1.165) is 12.1 Å². The Labute approximate surface area is 174 Å². The molecule has 2 heterocycles. The molecule has 2 aliphatic rings. The summed E-state index contributed by atoms with van der Waals surface area (Å²) in [4.78, 5) is 35.9. The Morgan fingerprint density at radius 3 is 2.43 bits per heavy atom. The SMILES string of the molecule is CC.CC(=O)CC1(O)CCN(c2cc(F)c(NC3CCC(=O)NC3=O)cc2F)CC1. The van der Waals surface area contributed by atoms with E-state index < -0.39 is 29.2 Å². The molecule has 0 bridgehead atoms. The number of ketones is 1. The summed E-state index contributed by atoms with van der Waals surface area (Å²) in [5.74, 6) is -2.45. The lowest BCUT2D eigenvalue weighted by molar-refractivity contribution is -0.133. The number of nitrogens with zero attached hydrogens (tertiary/aromatic N) is 1. The molecular formula is C21H29F2N3O4. The van der Waals surface area contributed by atoms with Crippen LogP contribution in [0.5, 0.6) is 0 Å². The first kappa shape index (κ1) is 23.7. The van der Waals surface area contributed by atoms with Crippen molar-refractivity contribution in [3.05, 3.63) is 23.8 Å². The van der Waals surface area contributed by atoms with Gasteiger partial charge in [-0.15, -0.1) is 0 Å². The average Bonchev–Trinajstić information content (AvgIpc) is 2.68. The number of hydrogen-bond acceptors (Lipinski definition) is 6. The maximum absolute atomic E-state index is 14.6. The van der Waals surface area contributed by atoms with Crippen LogP contribution in [-0.2, 0) is 14.4 Å². The number of hydrogen-bond donors (Lipinski definition) is 3. The van der Waals surface area contributed by atoms with E-state index in [4.69, 9.17) is 0 Å². The van der Waals surface area contributed by atoms with Crippen molar-refractivity contribution >= 4 is 29.0 Å². The molecule has 2 aliphatic heterocycles. The van der Waals surface area contributed by atoms with Crippen molar-refractivity contribution in [1.29, 1.82) is 0 Å². The van der Waals surface area contributed by atoms with Gasteiger partial charge in [-0.1, -0.05) is 13.8 Å². The minimum Gasteiger partial charge on any atom is -0.389 e. The molecule has 3 rings (SSSR count). The number of imide groups is 1. The van der Waals surface area contributed by atoms with E-state index in [1.807, 2.05) is 13.8 Å². The molecule has 1 aromatic carbocycles.